The summed E-state index contributed by atoms with van der Waals surface area (Å²) in [6, 6.07) is 18.2. The Morgan fingerprint density at radius 1 is 1.07 bits per heavy atom. The minimum absolute atomic E-state index is 0.0486. The van der Waals surface area contributed by atoms with Crippen molar-refractivity contribution in [3.8, 4) is 5.75 Å². The molecule has 212 valence electrons. The molecule has 2 heterocycles. The molecule has 0 saturated carbocycles. The topological polar surface area (TPSA) is 129 Å². The summed E-state index contributed by atoms with van der Waals surface area (Å²) in [4.78, 5) is 19.1. The summed E-state index contributed by atoms with van der Waals surface area (Å²) >= 11 is 0. The molecule has 10 heteroatoms. The van der Waals surface area contributed by atoms with E-state index in [1.807, 2.05) is 32.9 Å². The van der Waals surface area contributed by atoms with Gasteiger partial charge in [-0.3, -0.25) is 4.72 Å². The molecule has 1 atom stereocenters. The van der Waals surface area contributed by atoms with E-state index in [9.17, 15) is 23.4 Å². The first kappa shape index (κ1) is 28.9. The third-order valence-corrected chi connectivity index (χ3v) is 8.39. The molecular weight excluding hydrogens is 530 g/mol. The maximum atomic E-state index is 13.5. The van der Waals surface area contributed by atoms with Crippen molar-refractivity contribution in [1.29, 1.82) is 0 Å². The summed E-state index contributed by atoms with van der Waals surface area (Å²) in [6.45, 7) is 6.27. The molecule has 0 fully saturated rings. The highest BCUT2D eigenvalue weighted by molar-refractivity contribution is 7.92. The van der Waals surface area contributed by atoms with Crippen molar-refractivity contribution in [3.05, 3.63) is 89.9 Å². The molecule has 40 heavy (non-hydrogen) atoms. The minimum atomic E-state index is -3.92. The van der Waals surface area contributed by atoms with Crippen molar-refractivity contribution >= 4 is 27.4 Å². The molecule has 0 amide bonds. The van der Waals surface area contributed by atoms with Crippen molar-refractivity contribution in [3.63, 3.8) is 0 Å². The first-order valence-corrected chi connectivity index (χ1v) is 14.8. The van der Waals surface area contributed by atoms with Crippen molar-refractivity contribution in [1.82, 2.24) is 4.98 Å². The number of aryl methyl sites for hydroxylation is 1. The van der Waals surface area contributed by atoms with E-state index in [1.165, 1.54) is 12.3 Å². The molecule has 1 aliphatic rings. The molecule has 0 saturated heterocycles. The SMILES string of the molecule is CCCN(C1=C(O)CC(CCc2ccc(O)cc2)(C(C)C)OC1=O)c1cccc(NS(=O)(=O)c2ccccn2)c1. The normalized spacial score (nSPS) is 17.6. The maximum absolute atomic E-state index is 13.5. The molecule has 1 aliphatic heterocycles. The van der Waals surface area contributed by atoms with E-state index < -0.39 is 21.6 Å². The molecule has 3 aromatic rings. The Morgan fingerprint density at radius 3 is 2.45 bits per heavy atom. The fraction of sp³-hybridized carbons (Fsp3) is 0.333. The number of phenols is 1. The van der Waals surface area contributed by atoms with Gasteiger partial charge in [-0.2, -0.15) is 8.42 Å². The fourth-order valence-corrected chi connectivity index (χ4v) is 5.83. The Bertz CT molecular complexity index is 1470. The number of aliphatic hydroxyl groups excluding tert-OH is 1. The average Bonchev–Trinajstić information content (AvgIpc) is 2.92. The first-order valence-electron chi connectivity index (χ1n) is 13.3. The molecule has 1 unspecified atom stereocenters. The highest BCUT2D eigenvalue weighted by atomic mass is 32.2. The number of nitrogens with zero attached hydrogens (tertiary/aromatic N) is 2. The smallest absolute Gasteiger partial charge is 0.359 e. The third-order valence-electron chi connectivity index (χ3n) is 7.09. The highest BCUT2D eigenvalue weighted by Gasteiger charge is 2.45. The van der Waals surface area contributed by atoms with E-state index >= 15 is 0 Å². The van der Waals surface area contributed by atoms with E-state index in [0.717, 1.165) is 5.56 Å². The van der Waals surface area contributed by atoms with Gasteiger partial charge in [-0.05, 0) is 73.2 Å². The minimum Gasteiger partial charge on any atom is -0.510 e. The zero-order valence-electron chi connectivity index (χ0n) is 22.9. The number of phenolic OH excluding ortho intramolecular Hbond substituents is 1. The average molecular weight is 566 g/mol. The number of aromatic nitrogens is 1. The molecule has 2 aromatic carbocycles. The van der Waals surface area contributed by atoms with Crippen LogP contribution in [0.4, 0.5) is 11.4 Å². The summed E-state index contributed by atoms with van der Waals surface area (Å²) in [5.74, 6) is -0.581. The van der Waals surface area contributed by atoms with Crippen LogP contribution < -0.4 is 9.62 Å². The Morgan fingerprint density at radius 2 is 1.82 bits per heavy atom. The van der Waals surface area contributed by atoms with Gasteiger partial charge in [0.2, 0.25) is 0 Å². The van der Waals surface area contributed by atoms with Crippen LogP contribution in [-0.2, 0) is 26.0 Å². The third kappa shape index (κ3) is 6.39. The van der Waals surface area contributed by atoms with E-state index in [0.29, 0.717) is 37.2 Å². The number of aliphatic hydroxyl groups is 1. The van der Waals surface area contributed by atoms with Gasteiger partial charge in [0.05, 0.1) is 5.69 Å². The number of hydrogen-bond donors (Lipinski definition) is 3. The van der Waals surface area contributed by atoms with Gasteiger partial charge in [-0.1, -0.05) is 45.0 Å². The lowest BCUT2D eigenvalue weighted by Crippen LogP contribution is -2.47. The number of aromatic hydroxyl groups is 1. The molecule has 0 spiro atoms. The van der Waals surface area contributed by atoms with Crippen LogP contribution in [0.25, 0.3) is 0 Å². The second-order valence-electron chi connectivity index (χ2n) is 10.2. The molecule has 0 aliphatic carbocycles. The summed E-state index contributed by atoms with van der Waals surface area (Å²) in [5.41, 5.74) is 0.954. The highest BCUT2D eigenvalue weighted by Crippen LogP contribution is 2.40. The van der Waals surface area contributed by atoms with Gasteiger partial charge < -0.3 is 19.8 Å². The largest absolute Gasteiger partial charge is 0.510 e. The number of sulfonamides is 1. The van der Waals surface area contributed by atoms with Gasteiger partial charge in [0.25, 0.3) is 10.0 Å². The van der Waals surface area contributed by atoms with E-state index in [1.54, 1.807) is 53.4 Å². The van der Waals surface area contributed by atoms with Crippen LogP contribution in [-0.4, -0.2) is 41.7 Å². The van der Waals surface area contributed by atoms with Gasteiger partial charge in [0, 0.05) is 24.8 Å². The standard InChI is InChI=1S/C30H35N3O6S/c1-4-18-33(24-9-7-8-23(19-24)32-40(37,38)27-10-5-6-17-31-27)28-26(35)20-30(21(2)3,39-29(28)36)16-15-22-11-13-25(34)14-12-22/h5-14,17,19,21,32,34-35H,4,15-16,18,20H2,1-3H3. The number of anilines is 2. The molecule has 4 rings (SSSR count). The first-order chi connectivity index (χ1) is 19.0. The van der Waals surface area contributed by atoms with Crippen LogP contribution in [0.5, 0.6) is 5.75 Å². The monoisotopic (exact) mass is 565 g/mol. The van der Waals surface area contributed by atoms with E-state index in [-0.39, 0.29) is 34.6 Å². The Kier molecular flexibility index (Phi) is 8.68. The number of pyridine rings is 1. The van der Waals surface area contributed by atoms with Crippen LogP contribution in [0, 0.1) is 5.92 Å². The maximum Gasteiger partial charge on any atom is 0.359 e. The van der Waals surface area contributed by atoms with Gasteiger partial charge in [0.1, 0.15) is 17.1 Å². The summed E-state index contributed by atoms with van der Waals surface area (Å²) in [7, 11) is -3.92. The van der Waals surface area contributed by atoms with Gasteiger partial charge in [0.15, 0.2) is 10.7 Å². The zero-order valence-corrected chi connectivity index (χ0v) is 23.7. The van der Waals surface area contributed by atoms with Gasteiger partial charge >= 0.3 is 5.97 Å². The van der Waals surface area contributed by atoms with Crippen LogP contribution in [0.2, 0.25) is 0 Å². The predicted molar refractivity (Wildman–Crippen MR) is 153 cm³/mol. The predicted octanol–water partition coefficient (Wildman–Crippen LogP) is 5.55. The van der Waals surface area contributed by atoms with Crippen molar-refractivity contribution in [2.75, 3.05) is 16.2 Å². The summed E-state index contributed by atoms with van der Waals surface area (Å²) < 4.78 is 34.3. The lowest BCUT2D eigenvalue weighted by molar-refractivity contribution is -0.166. The van der Waals surface area contributed by atoms with E-state index in [4.69, 9.17) is 4.74 Å². The van der Waals surface area contributed by atoms with Crippen molar-refractivity contribution in [2.24, 2.45) is 5.92 Å². The zero-order chi connectivity index (χ0) is 28.9. The lowest BCUT2D eigenvalue weighted by Gasteiger charge is -2.42. The second-order valence-corrected chi connectivity index (χ2v) is 11.9. The molecule has 9 nitrogen and oxygen atoms in total. The number of ether oxygens (including phenoxy) is 1. The van der Waals surface area contributed by atoms with Crippen LogP contribution in [0.3, 0.4) is 0 Å². The molecule has 0 bridgehead atoms. The Hall–Kier alpha value is -4.05. The summed E-state index contributed by atoms with van der Waals surface area (Å²) in [6.07, 6.45) is 3.31. The molecule has 3 N–H and O–H groups in total. The number of carbonyl (C=O) groups is 1. The van der Waals surface area contributed by atoms with Crippen molar-refractivity contribution < 1.29 is 28.2 Å². The second kappa shape index (κ2) is 12.0. The Balaban J connectivity index is 1.62. The van der Waals surface area contributed by atoms with E-state index in [2.05, 4.69) is 9.71 Å². The molecule has 0 radical (unpaired) electrons. The number of carbonyl (C=O) groups excluding carboxylic acids is 1. The number of hydrogen-bond acceptors (Lipinski definition) is 8. The van der Waals surface area contributed by atoms with Gasteiger partial charge in [-0.25, -0.2) is 9.78 Å². The number of nitrogens with one attached hydrogen (secondary N) is 1. The van der Waals surface area contributed by atoms with Crippen LogP contribution in [0.15, 0.2) is 89.4 Å². The van der Waals surface area contributed by atoms with Crippen molar-refractivity contribution in [2.45, 2.75) is 57.1 Å². The van der Waals surface area contributed by atoms with Crippen LogP contribution >= 0.6 is 0 Å². The number of benzene rings is 2. The van der Waals surface area contributed by atoms with Gasteiger partial charge in [-0.15, -0.1) is 0 Å². The molecular formula is C30H35N3O6S. The Labute approximate surface area is 235 Å². The number of cyclic esters (lactones) is 1. The lowest BCUT2D eigenvalue weighted by atomic mass is 9.79. The fourth-order valence-electron chi connectivity index (χ4n) is 4.83. The quantitative estimate of drug-likeness (QED) is 0.258. The summed E-state index contributed by atoms with van der Waals surface area (Å²) in [5, 5.41) is 20.8. The molecule has 1 aromatic heterocycles. The van der Waals surface area contributed by atoms with Crippen LogP contribution in [0.1, 0.15) is 45.6 Å². The number of esters is 1. The number of rotatable bonds is 11.